The van der Waals surface area contributed by atoms with Crippen LogP contribution < -0.4 is 0 Å². The Balaban J connectivity index is 1.78. The van der Waals surface area contributed by atoms with Crippen LogP contribution in [-0.4, -0.2) is 15.1 Å². The number of alkyl halides is 1. The second-order valence-electron chi connectivity index (χ2n) is 5.28. The lowest BCUT2D eigenvalue weighted by molar-refractivity contribution is 0.134. The molecule has 2 nitrogen and oxygen atoms in total. The molecule has 1 aliphatic rings. The average molecular weight is 305 g/mol. The van der Waals surface area contributed by atoms with Gasteiger partial charge in [0.25, 0.3) is 0 Å². The molecule has 1 fully saturated rings. The van der Waals surface area contributed by atoms with Gasteiger partial charge in [0.2, 0.25) is 0 Å². The van der Waals surface area contributed by atoms with Gasteiger partial charge < -0.3 is 0 Å². The van der Waals surface area contributed by atoms with E-state index in [0.29, 0.717) is 5.41 Å². The predicted molar refractivity (Wildman–Crippen MR) is 77.7 cm³/mol. The zero-order chi connectivity index (χ0) is 12.4. The topological polar surface area (TPSA) is 17.8 Å². The van der Waals surface area contributed by atoms with E-state index in [9.17, 15) is 0 Å². The van der Waals surface area contributed by atoms with Gasteiger partial charge in [-0.15, -0.1) is 0 Å². The van der Waals surface area contributed by atoms with E-state index in [1.807, 2.05) is 12.3 Å². The molecule has 3 heteroatoms. The predicted octanol–water partition coefficient (Wildman–Crippen LogP) is 4.12. The van der Waals surface area contributed by atoms with Crippen molar-refractivity contribution in [3.8, 4) is 11.1 Å². The number of hydrogen-bond acceptors (Lipinski definition) is 1. The third-order valence-corrected chi connectivity index (χ3v) is 5.12. The van der Waals surface area contributed by atoms with Crippen LogP contribution in [0.4, 0.5) is 0 Å². The van der Waals surface area contributed by atoms with E-state index in [4.69, 9.17) is 0 Å². The Labute approximate surface area is 116 Å². The van der Waals surface area contributed by atoms with Gasteiger partial charge >= 0.3 is 0 Å². The normalized spacial score (nSPS) is 17.4. The number of benzene rings is 1. The van der Waals surface area contributed by atoms with E-state index in [1.165, 1.54) is 30.4 Å². The van der Waals surface area contributed by atoms with E-state index in [-0.39, 0.29) is 0 Å². The quantitative estimate of drug-likeness (QED) is 0.777. The zero-order valence-electron chi connectivity index (χ0n) is 10.3. The molecule has 1 heterocycles. The van der Waals surface area contributed by atoms with Crippen LogP contribution >= 0.6 is 15.9 Å². The summed E-state index contributed by atoms with van der Waals surface area (Å²) in [5, 5.41) is 5.59. The maximum atomic E-state index is 4.50. The molecule has 1 aromatic heterocycles. The first-order chi connectivity index (χ1) is 8.81. The van der Waals surface area contributed by atoms with Gasteiger partial charge in [0.15, 0.2) is 0 Å². The fourth-order valence-corrected chi connectivity index (χ4v) is 3.32. The van der Waals surface area contributed by atoms with Crippen molar-refractivity contribution in [2.24, 2.45) is 5.41 Å². The lowest BCUT2D eigenvalue weighted by atomic mass is 9.70. The molecular formula is C15H17BrN2. The van der Waals surface area contributed by atoms with E-state index in [1.54, 1.807) is 0 Å². The van der Waals surface area contributed by atoms with E-state index in [2.05, 4.69) is 56.2 Å². The molecule has 94 valence electrons. The van der Waals surface area contributed by atoms with Gasteiger partial charge in [0.1, 0.15) is 0 Å². The molecule has 0 atom stereocenters. The maximum absolute atomic E-state index is 4.50. The summed E-state index contributed by atoms with van der Waals surface area (Å²) in [6.07, 6.45) is 8.13. The fourth-order valence-electron chi connectivity index (χ4n) is 2.58. The molecule has 1 saturated carbocycles. The highest BCUT2D eigenvalue weighted by atomic mass is 79.9. The van der Waals surface area contributed by atoms with E-state index in [0.717, 1.165) is 11.9 Å². The Morgan fingerprint density at radius 3 is 2.56 bits per heavy atom. The largest absolute Gasteiger partial charge is 0.272 e. The van der Waals surface area contributed by atoms with Gasteiger partial charge in [-0.05, 0) is 23.8 Å². The van der Waals surface area contributed by atoms with Gasteiger partial charge in [0.05, 0.1) is 6.20 Å². The van der Waals surface area contributed by atoms with Crippen molar-refractivity contribution in [2.75, 3.05) is 5.33 Å². The number of rotatable bonds is 4. The second kappa shape index (κ2) is 4.88. The van der Waals surface area contributed by atoms with Crippen LogP contribution in [0.1, 0.15) is 19.3 Å². The first kappa shape index (κ1) is 12.0. The van der Waals surface area contributed by atoms with Crippen molar-refractivity contribution in [1.82, 2.24) is 9.78 Å². The molecular weight excluding hydrogens is 288 g/mol. The van der Waals surface area contributed by atoms with Crippen LogP contribution in [0.25, 0.3) is 11.1 Å². The number of aromatic nitrogens is 2. The van der Waals surface area contributed by atoms with Crippen LogP contribution in [0.2, 0.25) is 0 Å². The molecule has 0 saturated heterocycles. The average Bonchev–Trinajstić information content (AvgIpc) is 2.83. The first-order valence-electron chi connectivity index (χ1n) is 6.45. The maximum Gasteiger partial charge on any atom is 0.0568 e. The highest BCUT2D eigenvalue weighted by Crippen LogP contribution is 2.43. The van der Waals surface area contributed by atoms with Gasteiger partial charge in [0, 0.05) is 23.6 Å². The van der Waals surface area contributed by atoms with E-state index >= 15 is 0 Å². The van der Waals surface area contributed by atoms with E-state index < -0.39 is 0 Å². The Bertz CT molecular complexity index is 509. The lowest BCUT2D eigenvalue weighted by Gasteiger charge is -2.40. The highest BCUT2D eigenvalue weighted by molar-refractivity contribution is 9.09. The lowest BCUT2D eigenvalue weighted by Crippen LogP contribution is -2.35. The summed E-state index contributed by atoms with van der Waals surface area (Å²) in [6, 6.07) is 10.4. The minimum Gasteiger partial charge on any atom is -0.272 e. The standard InChI is InChI=1S/C15H17BrN2/c16-11-15(7-4-8-15)12-18-10-14(9-17-18)13-5-2-1-3-6-13/h1-3,5-6,9-10H,4,7-8,11-12H2. The summed E-state index contributed by atoms with van der Waals surface area (Å²) in [4.78, 5) is 0. The molecule has 18 heavy (non-hydrogen) atoms. The van der Waals surface area contributed by atoms with Crippen LogP contribution in [-0.2, 0) is 6.54 Å². The third kappa shape index (κ3) is 2.24. The smallest absolute Gasteiger partial charge is 0.0568 e. The minimum absolute atomic E-state index is 0.444. The second-order valence-corrected chi connectivity index (χ2v) is 5.84. The molecule has 0 unspecified atom stereocenters. The number of hydrogen-bond donors (Lipinski definition) is 0. The Morgan fingerprint density at radius 2 is 1.94 bits per heavy atom. The molecule has 2 aromatic rings. The Kier molecular flexibility index (Phi) is 3.25. The summed E-state index contributed by atoms with van der Waals surface area (Å²) < 4.78 is 2.10. The summed E-state index contributed by atoms with van der Waals surface area (Å²) in [5.41, 5.74) is 2.89. The summed E-state index contributed by atoms with van der Waals surface area (Å²) in [6.45, 7) is 1.03. The van der Waals surface area contributed by atoms with Crippen LogP contribution in [0.5, 0.6) is 0 Å². The van der Waals surface area contributed by atoms with Gasteiger partial charge in [-0.3, -0.25) is 4.68 Å². The van der Waals surface area contributed by atoms with Crippen LogP contribution in [0.3, 0.4) is 0 Å². The molecule has 1 aromatic carbocycles. The van der Waals surface area contributed by atoms with Crippen molar-refractivity contribution in [3.63, 3.8) is 0 Å². The van der Waals surface area contributed by atoms with Crippen molar-refractivity contribution in [1.29, 1.82) is 0 Å². The molecule has 0 radical (unpaired) electrons. The minimum atomic E-state index is 0.444. The Hall–Kier alpha value is -1.09. The SMILES string of the molecule is BrCC1(Cn2cc(-c3ccccc3)cn2)CCC1. The van der Waals surface area contributed by atoms with Crippen molar-refractivity contribution in [2.45, 2.75) is 25.8 Å². The first-order valence-corrected chi connectivity index (χ1v) is 7.57. The summed E-state index contributed by atoms with van der Waals surface area (Å²) in [5.74, 6) is 0. The van der Waals surface area contributed by atoms with Crippen molar-refractivity contribution < 1.29 is 0 Å². The Morgan fingerprint density at radius 1 is 1.17 bits per heavy atom. The van der Waals surface area contributed by atoms with Gasteiger partial charge in [-0.25, -0.2) is 0 Å². The molecule has 0 spiro atoms. The van der Waals surface area contributed by atoms with Gasteiger partial charge in [-0.2, -0.15) is 5.10 Å². The van der Waals surface area contributed by atoms with Gasteiger partial charge in [-0.1, -0.05) is 52.7 Å². The monoisotopic (exact) mass is 304 g/mol. The fraction of sp³-hybridized carbons (Fsp3) is 0.400. The third-order valence-electron chi connectivity index (χ3n) is 3.94. The van der Waals surface area contributed by atoms with Crippen LogP contribution in [0.15, 0.2) is 42.7 Å². The molecule has 3 rings (SSSR count). The molecule has 0 N–H and O–H groups in total. The number of nitrogens with zero attached hydrogens (tertiary/aromatic N) is 2. The zero-order valence-corrected chi connectivity index (χ0v) is 11.9. The van der Waals surface area contributed by atoms with Crippen molar-refractivity contribution >= 4 is 15.9 Å². The summed E-state index contributed by atoms with van der Waals surface area (Å²) >= 11 is 3.65. The van der Waals surface area contributed by atoms with Crippen LogP contribution in [0, 0.1) is 5.41 Å². The number of halogens is 1. The van der Waals surface area contributed by atoms with Crippen molar-refractivity contribution in [3.05, 3.63) is 42.7 Å². The molecule has 1 aliphatic carbocycles. The molecule has 0 aliphatic heterocycles. The highest BCUT2D eigenvalue weighted by Gasteiger charge is 2.36. The molecule has 0 bridgehead atoms. The summed E-state index contributed by atoms with van der Waals surface area (Å²) in [7, 11) is 0. The molecule has 0 amide bonds.